The van der Waals surface area contributed by atoms with Crippen LogP contribution in [0.4, 0.5) is 18.9 Å². The molecule has 3 rings (SSSR count). The van der Waals surface area contributed by atoms with E-state index in [0.29, 0.717) is 23.0 Å². The van der Waals surface area contributed by atoms with Gasteiger partial charge in [-0.3, -0.25) is 0 Å². The van der Waals surface area contributed by atoms with Crippen molar-refractivity contribution < 1.29 is 17.9 Å². The first-order valence-electron chi connectivity index (χ1n) is 7.52. The third-order valence-electron chi connectivity index (χ3n) is 3.80. The van der Waals surface area contributed by atoms with Crippen molar-refractivity contribution in [2.24, 2.45) is 0 Å². The largest absolute Gasteiger partial charge is 0.437 e. The van der Waals surface area contributed by atoms with Gasteiger partial charge in [0.05, 0.1) is 11.3 Å². The van der Waals surface area contributed by atoms with Gasteiger partial charge in [-0.2, -0.15) is 13.2 Å². The van der Waals surface area contributed by atoms with E-state index in [1.54, 1.807) is 12.3 Å². The van der Waals surface area contributed by atoms with Gasteiger partial charge in [-0.05, 0) is 61.4 Å². The van der Waals surface area contributed by atoms with E-state index in [0.717, 1.165) is 23.3 Å². The maximum atomic E-state index is 12.6. The minimum absolute atomic E-state index is 0.340. The lowest BCUT2D eigenvalue weighted by Crippen LogP contribution is -2.05. The Labute approximate surface area is 142 Å². The number of benzene rings is 2. The van der Waals surface area contributed by atoms with E-state index < -0.39 is 11.7 Å². The Balaban J connectivity index is 1.82. The van der Waals surface area contributed by atoms with E-state index in [4.69, 9.17) is 10.5 Å². The van der Waals surface area contributed by atoms with E-state index in [2.05, 4.69) is 5.10 Å². The number of aromatic nitrogens is 2. The van der Waals surface area contributed by atoms with Gasteiger partial charge < -0.3 is 10.5 Å². The van der Waals surface area contributed by atoms with Crippen LogP contribution in [0.15, 0.2) is 48.7 Å². The SMILES string of the molecule is Cc1cc(Oc2ccn(-c3ccc(C(F)(F)F)cc3)n2)c(C)cc1N. The molecular weight excluding hydrogens is 331 g/mol. The molecular formula is C18H16F3N3O. The highest BCUT2D eigenvalue weighted by Crippen LogP contribution is 2.30. The molecule has 0 fully saturated rings. The summed E-state index contributed by atoms with van der Waals surface area (Å²) in [6.45, 7) is 3.75. The summed E-state index contributed by atoms with van der Waals surface area (Å²) in [5.41, 5.74) is 8.10. The topological polar surface area (TPSA) is 53.1 Å². The monoisotopic (exact) mass is 347 g/mol. The predicted molar refractivity (Wildman–Crippen MR) is 89.0 cm³/mol. The first kappa shape index (κ1) is 16.9. The van der Waals surface area contributed by atoms with Crippen LogP contribution in [-0.4, -0.2) is 9.78 Å². The molecule has 0 saturated carbocycles. The Morgan fingerprint density at radius 3 is 2.32 bits per heavy atom. The quantitative estimate of drug-likeness (QED) is 0.687. The van der Waals surface area contributed by atoms with Gasteiger partial charge in [0.15, 0.2) is 0 Å². The van der Waals surface area contributed by atoms with Crippen molar-refractivity contribution in [1.29, 1.82) is 0 Å². The van der Waals surface area contributed by atoms with Gasteiger partial charge in [0.1, 0.15) is 5.75 Å². The number of anilines is 1. The molecule has 25 heavy (non-hydrogen) atoms. The van der Waals surface area contributed by atoms with Crippen molar-refractivity contribution in [1.82, 2.24) is 9.78 Å². The fraction of sp³-hybridized carbons (Fsp3) is 0.167. The molecule has 0 amide bonds. The smallest absolute Gasteiger partial charge is 0.416 e. The van der Waals surface area contributed by atoms with E-state index in [-0.39, 0.29) is 0 Å². The summed E-state index contributed by atoms with van der Waals surface area (Å²) in [5, 5.41) is 4.24. The molecule has 0 saturated heterocycles. The lowest BCUT2D eigenvalue weighted by molar-refractivity contribution is -0.137. The van der Waals surface area contributed by atoms with Crippen LogP contribution in [0.2, 0.25) is 0 Å². The molecule has 0 unspecified atom stereocenters. The van der Waals surface area contributed by atoms with Crippen molar-refractivity contribution in [2.75, 3.05) is 5.73 Å². The van der Waals surface area contributed by atoms with Crippen molar-refractivity contribution >= 4 is 5.69 Å². The maximum absolute atomic E-state index is 12.6. The second kappa shape index (κ2) is 6.16. The number of hydrogen-bond acceptors (Lipinski definition) is 3. The normalized spacial score (nSPS) is 11.6. The Morgan fingerprint density at radius 1 is 1.00 bits per heavy atom. The molecule has 2 N–H and O–H groups in total. The van der Waals surface area contributed by atoms with Crippen LogP contribution in [0.1, 0.15) is 16.7 Å². The Bertz CT molecular complexity index is 899. The molecule has 1 aromatic heterocycles. The third-order valence-corrected chi connectivity index (χ3v) is 3.80. The zero-order valence-corrected chi connectivity index (χ0v) is 13.6. The first-order valence-corrected chi connectivity index (χ1v) is 7.52. The summed E-state index contributed by atoms with van der Waals surface area (Å²) >= 11 is 0. The van der Waals surface area contributed by atoms with Crippen LogP contribution in [0.25, 0.3) is 5.69 Å². The van der Waals surface area contributed by atoms with E-state index in [1.165, 1.54) is 16.8 Å². The number of aryl methyl sites for hydroxylation is 2. The van der Waals surface area contributed by atoms with Crippen LogP contribution in [-0.2, 0) is 6.18 Å². The highest BCUT2D eigenvalue weighted by molar-refractivity contribution is 5.54. The number of hydrogen-bond donors (Lipinski definition) is 1. The Hall–Kier alpha value is -2.96. The lowest BCUT2D eigenvalue weighted by Gasteiger charge is -2.09. The second-order valence-corrected chi connectivity index (χ2v) is 5.72. The number of ether oxygens (including phenoxy) is 1. The number of nitrogens with zero attached hydrogens (tertiary/aromatic N) is 2. The van der Waals surface area contributed by atoms with Crippen LogP contribution >= 0.6 is 0 Å². The average Bonchev–Trinajstić information content (AvgIpc) is 3.00. The maximum Gasteiger partial charge on any atom is 0.416 e. The molecule has 7 heteroatoms. The fourth-order valence-corrected chi connectivity index (χ4v) is 2.34. The molecule has 0 aliphatic heterocycles. The van der Waals surface area contributed by atoms with Crippen molar-refractivity contribution in [3.63, 3.8) is 0 Å². The Morgan fingerprint density at radius 2 is 1.68 bits per heavy atom. The standard InChI is InChI=1S/C18H16F3N3O/c1-11-10-16(12(2)9-15(11)22)25-17-7-8-24(23-17)14-5-3-13(4-6-14)18(19,20)21/h3-10H,22H2,1-2H3. The fourth-order valence-electron chi connectivity index (χ4n) is 2.34. The summed E-state index contributed by atoms with van der Waals surface area (Å²) in [4.78, 5) is 0. The highest BCUT2D eigenvalue weighted by Gasteiger charge is 2.30. The van der Waals surface area contributed by atoms with Crippen molar-refractivity contribution in [3.05, 3.63) is 65.4 Å². The van der Waals surface area contributed by atoms with Gasteiger partial charge in [0.25, 0.3) is 0 Å². The molecule has 1 heterocycles. The van der Waals surface area contributed by atoms with Crippen LogP contribution in [0.3, 0.4) is 0 Å². The van der Waals surface area contributed by atoms with Gasteiger partial charge in [0.2, 0.25) is 5.88 Å². The molecule has 2 aromatic carbocycles. The summed E-state index contributed by atoms with van der Waals surface area (Å²) in [7, 11) is 0. The van der Waals surface area contributed by atoms with Gasteiger partial charge in [-0.1, -0.05) is 0 Å². The minimum atomic E-state index is -4.36. The van der Waals surface area contributed by atoms with Crippen LogP contribution in [0.5, 0.6) is 11.6 Å². The number of nitrogens with two attached hydrogens (primary N) is 1. The molecule has 0 aliphatic rings. The molecule has 0 bridgehead atoms. The van der Waals surface area contributed by atoms with Gasteiger partial charge >= 0.3 is 6.18 Å². The lowest BCUT2D eigenvalue weighted by atomic mass is 10.1. The van der Waals surface area contributed by atoms with Crippen LogP contribution < -0.4 is 10.5 Å². The van der Waals surface area contributed by atoms with Gasteiger partial charge in [-0.15, -0.1) is 5.10 Å². The van der Waals surface area contributed by atoms with E-state index >= 15 is 0 Å². The molecule has 0 spiro atoms. The van der Waals surface area contributed by atoms with Crippen molar-refractivity contribution in [3.8, 4) is 17.3 Å². The third kappa shape index (κ3) is 3.60. The zero-order chi connectivity index (χ0) is 18.2. The predicted octanol–water partition coefficient (Wildman–Crippen LogP) is 4.88. The zero-order valence-electron chi connectivity index (χ0n) is 13.6. The molecule has 0 atom stereocenters. The number of halogens is 3. The van der Waals surface area contributed by atoms with Crippen molar-refractivity contribution in [2.45, 2.75) is 20.0 Å². The molecule has 4 nitrogen and oxygen atoms in total. The second-order valence-electron chi connectivity index (χ2n) is 5.72. The molecule has 3 aromatic rings. The van der Waals surface area contributed by atoms with Gasteiger partial charge in [0, 0.05) is 18.0 Å². The average molecular weight is 347 g/mol. The summed E-state index contributed by atoms with van der Waals surface area (Å²) < 4.78 is 45.1. The summed E-state index contributed by atoms with van der Waals surface area (Å²) in [5.74, 6) is 0.969. The van der Waals surface area contributed by atoms with E-state index in [9.17, 15) is 13.2 Å². The van der Waals surface area contributed by atoms with Gasteiger partial charge in [-0.25, -0.2) is 4.68 Å². The first-order chi connectivity index (χ1) is 11.7. The molecule has 130 valence electrons. The minimum Gasteiger partial charge on any atom is -0.437 e. The number of nitrogen functional groups attached to an aromatic ring is 1. The summed E-state index contributed by atoms with van der Waals surface area (Å²) in [6.07, 6.45) is -2.74. The van der Waals surface area contributed by atoms with E-state index in [1.807, 2.05) is 26.0 Å². The number of alkyl halides is 3. The Kier molecular flexibility index (Phi) is 4.16. The highest BCUT2D eigenvalue weighted by atomic mass is 19.4. The molecule has 0 aliphatic carbocycles. The molecule has 0 radical (unpaired) electrons. The number of rotatable bonds is 3. The van der Waals surface area contributed by atoms with Crippen LogP contribution in [0, 0.1) is 13.8 Å². The summed E-state index contributed by atoms with van der Waals surface area (Å²) in [6, 6.07) is 10.0.